The van der Waals surface area contributed by atoms with Crippen LogP contribution in [0.2, 0.25) is 0 Å². The number of benzene rings is 2. The fourth-order valence-corrected chi connectivity index (χ4v) is 2.11. The molecule has 0 heterocycles. The zero-order valence-corrected chi connectivity index (χ0v) is 13.9. The van der Waals surface area contributed by atoms with Crippen molar-refractivity contribution in [2.45, 2.75) is 6.92 Å². The molecule has 8 nitrogen and oxygen atoms in total. The molecule has 2 aromatic rings. The quantitative estimate of drug-likeness (QED) is 0.563. The van der Waals surface area contributed by atoms with Crippen LogP contribution in [0.3, 0.4) is 0 Å². The molecule has 2 rings (SSSR count). The van der Waals surface area contributed by atoms with E-state index in [2.05, 4.69) is 10.6 Å². The summed E-state index contributed by atoms with van der Waals surface area (Å²) in [6.07, 6.45) is 0. The number of anilines is 2. The highest BCUT2D eigenvalue weighted by molar-refractivity contribution is 5.95. The van der Waals surface area contributed by atoms with Gasteiger partial charge in [0.05, 0.1) is 31.3 Å². The van der Waals surface area contributed by atoms with Gasteiger partial charge in [0.25, 0.3) is 5.69 Å². The molecule has 1 amide bonds. The van der Waals surface area contributed by atoms with Gasteiger partial charge in [-0.2, -0.15) is 0 Å². The summed E-state index contributed by atoms with van der Waals surface area (Å²) < 4.78 is 10.3. The van der Waals surface area contributed by atoms with Crippen LogP contribution >= 0.6 is 0 Å². The zero-order chi connectivity index (χ0) is 18.2. The van der Waals surface area contributed by atoms with Gasteiger partial charge in [0.1, 0.15) is 17.2 Å². The van der Waals surface area contributed by atoms with Crippen LogP contribution in [0.4, 0.5) is 17.1 Å². The van der Waals surface area contributed by atoms with E-state index in [0.717, 1.165) is 11.4 Å². The van der Waals surface area contributed by atoms with Crippen LogP contribution in [-0.2, 0) is 4.79 Å². The summed E-state index contributed by atoms with van der Waals surface area (Å²) in [4.78, 5) is 22.6. The Morgan fingerprint density at radius 3 is 2.44 bits per heavy atom. The van der Waals surface area contributed by atoms with Crippen LogP contribution in [0.25, 0.3) is 0 Å². The zero-order valence-electron chi connectivity index (χ0n) is 13.9. The van der Waals surface area contributed by atoms with Gasteiger partial charge in [0, 0.05) is 5.69 Å². The summed E-state index contributed by atoms with van der Waals surface area (Å²) in [7, 11) is 1.41. The highest BCUT2D eigenvalue weighted by atomic mass is 16.6. The number of carbonyl (C=O) groups excluding carboxylic acids is 1. The lowest BCUT2D eigenvalue weighted by Crippen LogP contribution is -2.22. The van der Waals surface area contributed by atoms with Crippen LogP contribution in [0.15, 0.2) is 42.5 Å². The minimum absolute atomic E-state index is 0.0306. The predicted molar refractivity (Wildman–Crippen MR) is 94.4 cm³/mol. The molecule has 0 unspecified atom stereocenters. The monoisotopic (exact) mass is 345 g/mol. The van der Waals surface area contributed by atoms with Crippen LogP contribution in [0.1, 0.15) is 6.92 Å². The van der Waals surface area contributed by atoms with Gasteiger partial charge in [-0.25, -0.2) is 0 Å². The van der Waals surface area contributed by atoms with E-state index in [1.165, 1.54) is 19.2 Å². The number of hydrogen-bond acceptors (Lipinski definition) is 6. The maximum atomic E-state index is 12.0. The van der Waals surface area contributed by atoms with Crippen molar-refractivity contribution >= 4 is 23.0 Å². The Bertz CT molecular complexity index is 746. The van der Waals surface area contributed by atoms with Crippen molar-refractivity contribution in [3.63, 3.8) is 0 Å². The normalized spacial score (nSPS) is 10.0. The largest absolute Gasteiger partial charge is 0.496 e. The van der Waals surface area contributed by atoms with E-state index in [4.69, 9.17) is 9.47 Å². The first kappa shape index (κ1) is 18.1. The van der Waals surface area contributed by atoms with E-state index in [9.17, 15) is 14.9 Å². The third kappa shape index (κ3) is 5.10. The molecule has 0 saturated heterocycles. The maximum absolute atomic E-state index is 12.0. The molecule has 0 atom stereocenters. The average molecular weight is 345 g/mol. The van der Waals surface area contributed by atoms with Gasteiger partial charge in [-0.15, -0.1) is 0 Å². The predicted octanol–water partition coefficient (Wildman–Crippen LogP) is 3.05. The minimum Gasteiger partial charge on any atom is -0.496 e. The van der Waals surface area contributed by atoms with E-state index in [1.54, 1.807) is 30.3 Å². The second-order valence-electron chi connectivity index (χ2n) is 5.00. The Morgan fingerprint density at radius 2 is 1.84 bits per heavy atom. The standard InChI is InChI=1S/C17H19N3O5/c1-3-25-13-6-4-12(5-7-13)18-11-17(21)19-15-9-8-14(24-2)10-16(15)20(22)23/h4-10,18H,3,11H2,1-2H3,(H,19,21). The first-order valence-corrected chi connectivity index (χ1v) is 7.62. The first-order valence-electron chi connectivity index (χ1n) is 7.62. The molecular formula is C17H19N3O5. The Kier molecular flexibility index (Phi) is 6.16. The number of ether oxygens (including phenoxy) is 2. The SMILES string of the molecule is CCOc1ccc(NCC(=O)Nc2ccc(OC)cc2[N+](=O)[O-])cc1. The molecule has 132 valence electrons. The van der Waals surface area contributed by atoms with Crippen molar-refractivity contribution in [2.24, 2.45) is 0 Å². The summed E-state index contributed by atoms with van der Waals surface area (Å²) in [5.41, 5.74) is 0.626. The Morgan fingerprint density at radius 1 is 1.16 bits per heavy atom. The number of hydrogen-bond donors (Lipinski definition) is 2. The van der Waals surface area contributed by atoms with Gasteiger partial charge in [-0.05, 0) is 43.3 Å². The smallest absolute Gasteiger partial charge is 0.296 e. The third-order valence-corrected chi connectivity index (χ3v) is 3.29. The minimum atomic E-state index is -0.571. The number of rotatable bonds is 8. The second kappa shape index (κ2) is 8.53. The average Bonchev–Trinajstić information content (AvgIpc) is 2.61. The molecule has 0 aromatic heterocycles. The van der Waals surface area contributed by atoms with Crippen molar-refractivity contribution < 1.29 is 19.2 Å². The van der Waals surface area contributed by atoms with Crippen LogP contribution in [0, 0.1) is 10.1 Å². The number of amides is 1. The third-order valence-electron chi connectivity index (χ3n) is 3.29. The van der Waals surface area contributed by atoms with Gasteiger partial charge < -0.3 is 20.1 Å². The highest BCUT2D eigenvalue weighted by Gasteiger charge is 2.17. The molecule has 0 aliphatic rings. The Balaban J connectivity index is 1.97. The van der Waals surface area contributed by atoms with Crippen LogP contribution < -0.4 is 20.1 Å². The van der Waals surface area contributed by atoms with Gasteiger partial charge in [-0.3, -0.25) is 14.9 Å². The number of nitro benzene ring substituents is 1. The lowest BCUT2D eigenvalue weighted by Gasteiger charge is -2.10. The van der Waals surface area contributed by atoms with E-state index >= 15 is 0 Å². The Hall–Kier alpha value is -3.29. The summed E-state index contributed by atoms with van der Waals surface area (Å²) in [6.45, 7) is 2.45. The van der Waals surface area contributed by atoms with Crippen molar-refractivity contribution in [1.29, 1.82) is 0 Å². The summed E-state index contributed by atoms with van der Waals surface area (Å²) in [5, 5.41) is 16.6. The number of methoxy groups -OCH3 is 1. The van der Waals surface area contributed by atoms with Crippen molar-refractivity contribution in [1.82, 2.24) is 0 Å². The molecule has 0 aliphatic carbocycles. The molecule has 2 aromatic carbocycles. The molecule has 0 spiro atoms. The van der Waals surface area contributed by atoms with Crippen LogP contribution in [-0.4, -0.2) is 31.1 Å². The Labute approximate surface area is 144 Å². The summed E-state index contributed by atoms with van der Waals surface area (Å²) in [6, 6.07) is 11.4. The lowest BCUT2D eigenvalue weighted by molar-refractivity contribution is -0.384. The van der Waals surface area contributed by atoms with E-state index < -0.39 is 10.8 Å². The first-order chi connectivity index (χ1) is 12.0. The van der Waals surface area contributed by atoms with E-state index in [-0.39, 0.29) is 17.9 Å². The molecule has 0 bridgehead atoms. The van der Waals surface area contributed by atoms with Crippen LogP contribution in [0.5, 0.6) is 11.5 Å². The molecular weight excluding hydrogens is 326 g/mol. The molecule has 0 radical (unpaired) electrons. The fourth-order valence-electron chi connectivity index (χ4n) is 2.11. The summed E-state index contributed by atoms with van der Waals surface area (Å²) >= 11 is 0. The number of nitrogens with one attached hydrogen (secondary N) is 2. The number of nitro groups is 1. The number of carbonyl (C=O) groups is 1. The van der Waals surface area contributed by atoms with Crippen molar-refractivity contribution in [3.05, 3.63) is 52.6 Å². The van der Waals surface area contributed by atoms with Gasteiger partial charge in [-0.1, -0.05) is 0 Å². The van der Waals surface area contributed by atoms with E-state index in [0.29, 0.717) is 12.4 Å². The van der Waals surface area contributed by atoms with Gasteiger partial charge in [0.2, 0.25) is 5.91 Å². The molecule has 0 fully saturated rings. The topological polar surface area (TPSA) is 103 Å². The molecule has 0 saturated carbocycles. The lowest BCUT2D eigenvalue weighted by atomic mass is 10.2. The number of nitrogens with zero attached hydrogens (tertiary/aromatic N) is 1. The highest BCUT2D eigenvalue weighted by Crippen LogP contribution is 2.28. The fraction of sp³-hybridized carbons (Fsp3) is 0.235. The van der Waals surface area contributed by atoms with Crippen molar-refractivity contribution in [3.8, 4) is 11.5 Å². The molecule has 25 heavy (non-hydrogen) atoms. The molecule has 2 N–H and O–H groups in total. The maximum Gasteiger partial charge on any atom is 0.296 e. The summed E-state index contributed by atoms with van der Waals surface area (Å²) in [5.74, 6) is 0.686. The second-order valence-corrected chi connectivity index (χ2v) is 5.00. The van der Waals surface area contributed by atoms with E-state index in [1.807, 2.05) is 6.92 Å². The van der Waals surface area contributed by atoms with Crippen molar-refractivity contribution in [2.75, 3.05) is 30.9 Å². The molecule has 8 heteroatoms. The van der Waals surface area contributed by atoms with Gasteiger partial charge in [0.15, 0.2) is 0 Å². The van der Waals surface area contributed by atoms with Gasteiger partial charge >= 0.3 is 0 Å². The molecule has 0 aliphatic heterocycles.